The SMILES string of the molecule is CC(=O)N1CCCN(CCS(=O)(=O)N2CCCCC2)CC1. The van der Waals surface area contributed by atoms with Crippen molar-refractivity contribution in [2.24, 2.45) is 0 Å². The van der Waals surface area contributed by atoms with Crippen LogP contribution in [0.1, 0.15) is 32.6 Å². The molecule has 0 N–H and O–H groups in total. The number of hydrogen-bond acceptors (Lipinski definition) is 4. The highest BCUT2D eigenvalue weighted by Crippen LogP contribution is 2.14. The number of hydrogen-bond donors (Lipinski definition) is 0. The second-order valence-corrected chi connectivity index (χ2v) is 8.07. The Morgan fingerprint density at radius 1 is 0.905 bits per heavy atom. The molecular formula is C14H27N3O3S. The third kappa shape index (κ3) is 4.93. The van der Waals surface area contributed by atoms with Crippen LogP contribution in [0.4, 0.5) is 0 Å². The number of sulfonamides is 1. The fourth-order valence-corrected chi connectivity index (χ4v) is 4.59. The zero-order chi connectivity index (χ0) is 15.3. The normalized spacial score (nSPS) is 23.0. The summed E-state index contributed by atoms with van der Waals surface area (Å²) in [6.07, 6.45) is 4.02. The molecule has 0 saturated carbocycles. The predicted octanol–water partition coefficient (Wildman–Crippen LogP) is 0.356. The Morgan fingerprint density at radius 2 is 1.62 bits per heavy atom. The average Bonchev–Trinajstić information content (AvgIpc) is 2.72. The second kappa shape index (κ2) is 7.56. The van der Waals surface area contributed by atoms with Gasteiger partial charge in [0.1, 0.15) is 0 Å². The molecule has 0 bridgehead atoms. The van der Waals surface area contributed by atoms with Gasteiger partial charge in [-0.05, 0) is 25.8 Å². The van der Waals surface area contributed by atoms with Gasteiger partial charge in [0.15, 0.2) is 0 Å². The van der Waals surface area contributed by atoms with Crippen LogP contribution in [0, 0.1) is 0 Å². The van der Waals surface area contributed by atoms with Crippen molar-refractivity contribution in [1.82, 2.24) is 14.1 Å². The maximum atomic E-state index is 12.3. The molecule has 0 radical (unpaired) electrons. The Labute approximate surface area is 128 Å². The molecule has 0 unspecified atom stereocenters. The molecule has 0 aromatic heterocycles. The Morgan fingerprint density at radius 3 is 2.29 bits per heavy atom. The molecule has 2 fully saturated rings. The van der Waals surface area contributed by atoms with Gasteiger partial charge in [-0.2, -0.15) is 0 Å². The molecule has 1 amide bonds. The van der Waals surface area contributed by atoms with Gasteiger partial charge in [0.2, 0.25) is 15.9 Å². The summed E-state index contributed by atoms with van der Waals surface area (Å²) in [6, 6.07) is 0. The molecule has 0 atom stereocenters. The fourth-order valence-electron chi connectivity index (χ4n) is 3.03. The lowest BCUT2D eigenvalue weighted by Crippen LogP contribution is -2.41. The minimum absolute atomic E-state index is 0.109. The van der Waals surface area contributed by atoms with Crippen molar-refractivity contribution in [2.75, 3.05) is 51.6 Å². The van der Waals surface area contributed by atoms with E-state index in [0.29, 0.717) is 26.2 Å². The third-order valence-electron chi connectivity index (χ3n) is 4.41. The van der Waals surface area contributed by atoms with Crippen LogP contribution in [0.15, 0.2) is 0 Å². The van der Waals surface area contributed by atoms with Crippen molar-refractivity contribution in [2.45, 2.75) is 32.6 Å². The van der Waals surface area contributed by atoms with Gasteiger partial charge in [0, 0.05) is 46.2 Å². The van der Waals surface area contributed by atoms with Crippen LogP contribution in [0.25, 0.3) is 0 Å². The second-order valence-electron chi connectivity index (χ2n) is 5.98. The van der Waals surface area contributed by atoms with Crippen molar-refractivity contribution >= 4 is 15.9 Å². The Hall–Kier alpha value is -0.660. The Kier molecular flexibility index (Phi) is 6.01. The first-order valence-electron chi connectivity index (χ1n) is 7.95. The Balaban J connectivity index is 1.80. The summed E-state index contributed by atoms with van der Waals surface area (Å²) < 4.78 is 26.3. The van der Waals surface area contributed by atoms with Crippen molar-refractivity contribution in [1.29, 1.82) is 0 Å². The van der Waals surface area contributed by atoms with Gasteiger partial charge in [-0.15, -0.1) is 0 Å². The zero-order valence-electron chi connectivity index (χ0n) is 13.0. The lowest BCUT2D eigenvalue weighted by Gasteiger charge is -2.27. The van der Waals surface area contributed by atoms with Crippen molar-refractivity contribution in [3.63, 3.8) is 0 Å². The number of rotatable bonds is 4. The average molecular weight is 317 g/mol. The van der Waals surface area contributed by atoms with Crippen LogP contribution < -0.4 is 0 Å². The van der Waals surface area contributed by atoms with E-state index in [9.17, 15) is 13.2 Å². The summed E-state index contributed by atoms with van der Waals surface area (Å²) in [7, 11) is -3.11. The molecule has 2 rings (SSSR count). The van der Waals surface area contributed by atoms with Crippen LogP contribution >= 0.6 is 0 Å². The molecule has 6 nitrogen and oxygen atoms in total. The first-order chi connectivity index (χ1) is 9.99. The minimum atomic E-state index is -3.11. The first-order valence-corrected chi connectivity index (χ1v) is 9.56. The van der Waals surface area contributed by atoms with Gasteiger partial charge in [0.05, 0.1) is 5.75 Å². The molecule has 21 heavy (non-hydrogen) atoms. The van der Waals surface area contributed by atoms with Crippen molar-refractivity contribution < 1.29 is 13.2 Å². The third-order valence-corrected chi connectivity index (χ3v) is 6.26. The lowest BCUT2D eigenvalue weighted by molar-refractivity contribution is -0.128. The first kappa shape index (κ1) is 16.7. The highest BCUT2D eigenvalue weighted by Gasteiger charge is 2.25. The van der Waals surface area contributed by atoms with E-state index < -0.39 is 10.0 Å². The van der Waals surface area contributed by atoms with Crippen LogP contribution in [0.5, 0.6) is 0 Å². The monoisotopic (exact) mass is 317 g/mol. The smallest absolute Gasteiger partial charge is 0.219 e. The molecule has 0 aromatic rings. The van der Waals surface area contributed by atoms with E-state index in [4.69, 9.17) is 0 Å². The highest BCUT2D eigenvalue weighted by molar-refractivity contribution is 7.89. The quantitative estimate of drug-likeness (QED) is 0.751. The lowest BCUT2D eigenvalue weighted by atomic mass is 10.2. The largest absolute Gasteiger partial charge is 0.342 e. The van der Waals surface area contributed by atoms with Gasteiger partial charge in [0.25, 0.3) is 0 Å². The summed E-state index contributed by atoms with van der Waals surface area (Å²) in [4.78, 5) is 15.4. The van der Waals surface area contributed by atoms with Gasteiger partial charge in [-0.3, -0.25) is 4.79 Å². The van der Waals surface area contributed by atoms with Gasteiger partial charge in [-0.25, -0.2) is 12.7 Å². The van der Waals surface area contributed by atoms with Crippen LogP contribution in [-0.4, -0.2) is 80.0 Å². The maximum absolute atomic E-state index is 12.3. The number of carbonyl (C=O) groups is 1. The van der Waals surface area contributed by atoms with E-state index in [1.54, 1.807) is 11.2 Å². The number of piperidine rings is 1. The Bertz CT molecular complexity index is 446. The molecule has 0 aliphatic carbocycles. The van der Waals surface area contributed by atoms with Crippen molar-refractivity contribution in [3.8, 4) is 0 Å². The van der Waals surface area contributed by atoms with E-state index in [2.05, 4.69) is 4.90 Å². The molecule has 2 saturated heterocycles. The summed E-state index contributed by atoms with van der Waals surface area (Å²) in [5.74, 6) is 0.311. The zero-order valence-corrected chi connectivity index (χ0v) is 13.8. The molecule has 2 aliphatic heterocycles. The highest BCUT2D eigenvalue weighted by atomic mass is 32.2. The molecule has 122 valence electrons. The standard InChI is InChI=1S/C14H27N3O3S/c1-14(18)16-7-5-6-15(10-11-16)12-13-21(19,20)17-8-3-2-4-9-17/h2-13H2,1H3. The summed E-state index contributed by atoms with van der Waals surface area (Å²) in [5, 5.41) is 0. The van der Waals surface area contributed by atoms with Crippen LogP contribution in [0.2, 0.25) is 0 Å². The van der Waals surface area contributed by atoms with Crippen molar-refractivity contribution in [3.05, 3.63) is 0 Å². The van der Waals surface area contributed by atoms with Gasteiger partial charge < -0.3 is 9.80 Å². The van der Waals surface area contributed by atoms with E-state index >= 15 is 0 Å². The van der Waals surface area contributed by atoms with E-state index in [1.807, 2.05) is 4.90 Å². The molecular weight excluding hydrogens is 290 g/mol. The van der Waals surface area contributed by atoms with E-state index in [1.165, 1.54) is 0 Å². The summed E-state index contributed by atoms with van der Waals surface area (Å²) in [5.41, 5.74) is 0. The molecule has 2 heterocycles. The minimum Gasteiger partial charge on any atom is -0.342 e. The summed E-state index contributed by atoms with van der Waals surface area (Å²) >= 11 is 0. The maximum Gasteiger partial charge on any atom is 0.219 e. The fraction of sp³-hybridized carbons (Fsp3) is 0.929. The molecule has 0 aromatic carbocycles. The van der Waals surface area contributed by atoms with Gasteiger partial charge >= 0.3 is 0 Å². The summed E-state index contributed by atoms with van der Waals surface area (Å²) in [6.45, 7) is 6.67. The van der Waals surface area contributed by atoms with Crippen LogP contribution in [-0.2, 0) is 14.8 Å². The number of amides is 1. The predicted molar refractivity (Wildman–Crippen MR) is 82.5 cm³/mol. The molecule has 7 heteroatoms. The van der Waals surface area contributed by atoms with E-state index in [-0.39, 0.29) is 11.7 Å². The van der Waals surface area contributed by atoms with Gasteiger partial charge in [-0.1, -0.05) is 6.42 Å². The topological polar surface area (TPSA) is 60.9 Å². The number of nitrogens with zero attached hydrogens (tertiary/aromatic N) is 3. The number of carbonyl (C=O) groups excluding carboxylic acids is 1. The van der Waals surface area contributed by atoms with E-state index in [0.717, 1.165) is 45.3 Å². The van der Waals surface area contributed by atoms with Crippen LogP contribution in [0.3, 0.4) is 0 Å². The molecule has 2 aliphatic rings. The molecule has 0 spiro atoms.